The van der Waals surface area contributed by atoms with Gasteiger partial charge in [-0.1, -0.05) is 31.5 Å². The van der Waals surface area contributed by atoms with E-state index in [0.717, 1.165) is 17.9 Å². The van der Waals surface area contributed by atoms with E-state index in [0.29, 0.717) is 12.6 Å². The van der Waals surface area contributed by atoms with Gasteiger partial charge < -0.3 is 9.84 Å². The molecule has 0 saturated heterocycles. The average molecular weight is 261 g/mol. The largest absolute Gasteiger partial charge is 0.491 e. The second-order valence-corrected chi connectivity index (χ2v) is 5.68. The SMILES string of the molecule is CCCCN(C1CC1)C1COc2ccccc2C1O. The molecule has 1 aliphatic heterocycles. The molecule has 19 heavy (non-hydrogen) atoms. The minimum absolute atomic E-state index is 0.119. The van der Waals surface area contributed by atoms with Gasteiger partial charge in [-0.05, 0) is 31.9 Å². The predicted molar refractivity (Wildman–Crippen MR) is 75.3 cm³/mol. The van der Waals surface area contributed by atoms with E-state index in [-0.39, 0.29) is 6.04 Å². The van der Waals surface area contributed by atoms with Gasteiger partial charge in [0.15, 0.2) is 0 Å². The number of ether oxygens (including phenoxy) is 1. The first-order chi connectivity index (χ1) is 9.31. The number of para-hydroxylation sites is 1. The molecule has 1 aliphatic carbocycles. The van der Waals surface area contributed by atoms with E-state index in [4.69, 9.17) is 4.74 Å². The Morgan fingerprint density at radius 3 is 2.84 bits per heavy atom. The molecule has 3 nitrogen and oxygen atoms in total. The highest BCUT2D eigenvalue weighted by Crippen LogP contribution is 2.38. The highest BCUT2D eigenvalue weighted by Gasteiger charge is 2.40. The third kappa shape index (κ3) is 2.63. The zero-order valence-corrected chi connectivity index (χ0v) is 11.6. The van der Waals surface area contributed by atoms with Crippen LogP contribution < -0.4 is 4.74 Å². The Kier molecular flexibility index (Phi) is 3.76. The first-order valence-corrected chi connectivity index (χ1v) is 7.46. The second-order valence-electron chi connectivity index (χ2n) is 5.68. The van der Waals surface area contributed by atoms with Crippen molar-refractivity contribution in [1.29, 1.82) is 0 Å². The maximum absolute atomic E-state index is 10.6. The Morgan fingerprint density at radius 2 is 2.11 bits per heavy atom. The summed E-state index contributed by atoms with van der Waals surface area (Å²) in [4.78, 5) is 2.48. The summed E-state index contributed by atoms with van der Waals surface area (Å²) >= 11 is 0. The van der Waals surface area contributed by atoms with Crippen molar-refractivity contribution in [2.75, 3.05) is 13.2 Å². The third-order valence-electron chi connectivity index (χ3n) is 4.22. The molecule has 3 rings (SSSR count). The maximum atomic E-state index is 10.6. The lowest BCUT2D eigenvalue weighted by molar-refractivity contribution is -0.00135. The second kappa shape index (κ2) is 5.51. The standard InChI is InChI=1S/C16H23NO2/c1-2-3-10-17(12-8-9-12)14-11-19-15-7-5-4-6-13(15)16(14)18/h4-7,12,14,16,18H,2-3,8-11H2,1H3. The van der Waals surface area contributed by atoms with E-state index in [1.807, 2.05) is 24.3 Å². The zero-order valence-electron chi connectivity index (χ0n) is 11.6. The zero-order chi connectivity index (χ0) is 13.2. The fourth-order valence-corrected chi connectivity index (χ4v) is 2.97. The smallest absolute Gasteiger partial charge is 0.125 e. The monoisotopic (exact) mass is 261 g/mol. The number of aliphatic hydroxyl groups excluding tert-OH is 1. The molecule has 0 spiro atoms. The number of hydrogen-bond donors (Lipinski definition) is 1. The van der Waals surface area contributed by atoms with Gasteiger partial charge in [-0.2, -0.15) is 0 Å². The van der Waals surface area contributed by atoms with Crippen molar-refractivity contribution in [3.63, 3.8) is 0 Å². The Morgan fingerprint density at radius 1 is 1.32 bits per heavy atom. The van der Waals surface area contributed by atoms with Gasteiger partial charge in [0.05, 0.1) is 6.04 Å². The van der Waals surface area contributed by atoms with Crippen molar-refractivity contribution in [2.45, 2.75) is 50.8 Å². The molecule has 1 fully saturated rings. The van der Waals surface area contributed by atoms with Crippen LogP contribution in [0, 0.1) is 0 Å². The minimum atomic E-state index is -0.414. The van der Waals surface area contributed by atoms with Crippen LogP contribution >= 0.6 is 0 Å². The topological polar surface area (TPSA) is 32.7 Å². The van der Waals surface area contributed by atoms with Gasteiger partial charge >= 0.3 is 0 Å². The summed E-state index contributed by atoms with van der Waals surface area (Å²) in [6.45, 7) is 3.90. The first kappa shape index (κ1) is 12.9. The van der Waals surface area contributed by atoms with Crippen LogP contribution in [0.3, 0.4) is 0 Å². The molecule has 0 bridgehead atoms. The van der Waals surface area contributed by atoms with Crippen molar-refractivity contribution in [2.24, 2.45) is 0 Å². The molecule has 2 aliphatic rings. The van der Waals surface area contributed by atoms with Crippen LogP contribution in [0.4, 0.5) is 0 Å². The molecule has 2 unspecified atom stereocenters. The molecule has 1 aromatic carbocycles. The van der Waals surface area contributed by atoms with E-state index in [9.17, 15) is 5.11 Å². The minimum Gasteiger partial charge on any atom is -0.491 e. The summed E-state index contributed by atoms with van der Waals surface area (Å²) in [6.07, 6.45) is 4.52. The van der Waals surface area contributed by atoms with Gasteiger partial charge in [0.1, 0.15) is 18.5 Å². The van der Waals surface area contributed by atoms with Crippen molar-refractivity contribution >= 4 is 0 Å². The van der Waals surface area contributed by atoms with Crippen molar-refractivity contribution in [3.05, 3.63) is 29.8 Å². The van der Waals surface area contributed by atoms with Gasteiger partial charge in [-0.15, -0.1) is 0 Å². The van der Waals surface area contributed by atoms with E-state index in [1.165, 1.54) is 25.7 Å². The Labute approximate surface area is 115 Å². The fraction of sp³-hybridized carbons (Fsp3) is 0.625. The normalized spacial score (nSPS) is 26.1. The quantitative estimate of drug-likeness (QED) is 0.884. The molecule has 1 N–H and O–H groups in total. The summed E-state index contributed by atoms with van der Waals surface area (Å²) in [5.41, 5.74) is 0.945. The molecule has 1 aromatic rings. The average Bonchev–Trinajstić information content (AvgIpc) is 3.26. The summed E-state index contributed by atoms with van der Waals surface area (Å²) < 4.78 is 5.84. The van der Waals surface area contributed by atoms with Gasteiger partial charge in [0.2, 0.25) is 0 Å². The van der Waals surface area contributed by atoms with Crippen LogP contribution in [0.15, 0.2) is 24.3 Å². The van der Waals surface area contributed by atoms with Gasteiger partial charge in [-0.3, -0.25) is 4.90 Å². The number of fused-ring (bicyclic) bond motifs is 1. The number of aliphatic hydroxyl groups is 1. The first-order valence-electron chi connectivity index (χ1n) is 7.46. The number of rotatable bonds is 5. The molecule has 1 heterocycles. The molecule has 0 amide bonds. The fourth-order valence-electron chi connectivity index (χ4n) is 2.97. The summed E-state index contributed by atoms with van der Waals surface area (Å²) in [5.74, 6) is 0.845. The highest BCUT2D eigenvalue weighted by molar-refractivity contribution is 5.37. The number of benzene rings is 1. The van der Waals surface area contributed by atoms with E-state index in [1.54, 1.807) is 0 Å². The van der Waals surface area contributed by atoms with Crippen molar-refractivity contribution in [3.8, 4) is 5.75 Å². The van der Waals surface area contributed by atoms with Crippen LogP contribution in [0.2, 0.25) is 0 Å². The number of nitrogens with zero attached hydrogens (tertiary/aromatic N) is 1. The Bertz CT molecular complexity index is 431. The number of hydrogen-bond acceptors (Lipinski definition) is 3. The van der Waals surface area contributed by atoms with E-state index < -0.39 is 6.10 Å². The van der Waals surface area contributed by atoms with Crippen LogP contribution in [0.1, 0.15) is 44.3 Å². The third-order valence-corrected chi connectivity index (χ3v) is 4.22. The van der Waals surface area contributed by atoms with Crippen LogP contribution in [-0.4, -0.2) is 35.2 Å². The molecule has 0 aromatic heterocycles. The maximum Gasteiger partial charge on any atom is 0.125 e. The highest BCUT2D eigenvalue weighted by atomic mass is 16.5. The van der Waals surface area contributed by atoms with E-state index >= 15 is 0 Å². The molecule has 2 atom stereocenters. The number of unbranched alkanes of at least 4 members (excludes halogenated alkanes) is 1. The lowest BCUT2D eigenvalue weighted by atomic mass is 9.97. The van der Waals surface area contributed by atoms with Gasteiger partial charge in [-0.25, -0.2) is 0 Å². The van der Waals surface area contributed by atoms with Crippen LogP contribution in [-0.2, 0) is 0 Å². The van der Waals surface area contributed by atoms with Crippen molar-refractivity contribution < 1.29 is 9.84 Å². The predicted octanol–water partition coefficient (Wildman–Crippen LogP) is 2.75. The Balaban J connectivity index is 1.77. The Hall–Kier alpha value is -1.06. The van der Waals surface area contributed by atoms with Crippen LogP contribution in [0.25, 0.3) is 0 Å². The van der Waals surface area contributed by atoms with Gasteiger partial charge in [0, 0.05) is 11.6 Å². The molecule has 104 valence electrons. The molecular weight excluding hydrogens is 238 g/mol. The molecular formula is C16H23NO2. The van der Waals surface area contributed by atoms with Gasteiger partial charge in [0.25, 0.3) is 0 Å². The lowest BCUT2D eigenvalue weighted by Crippen LogP contribution is -2.47. The lowest BCUT2D eigenvalue weighted by Gasteiger charge is -2.38. The molecule has 1 saturated carbocycles. The summed E-state index contributed by atoms with van der Waals surface area (Å²) in [5, 5.41) is 10.6. The molecule has 0 radical (unpaired) electrons. The van der Waals surface area contributed by atoms with Crippen LogP contribution in [0.5, 0.6) is 5.75 Å². The summed E-state index contributed by atoms with van der Waals surface area (Å²) in [7, 11) is 0. The summed E-state index contributed by atoms with van der Waals surface area (Å²) in [6, 6.07) is 8.65. The van der Waals surface area contributed by atoms with Crippen molar-refractivity contribution in [1.82, 2.24) is 4.90 Å². The van der Waals surface area contributed by atoms with E-state index in [2.05, 4.69) is 11.8 Å². The molecule has 3 heteroatoms.